The minimum Gasteiger partial charge on any atom is -0.381 e. The zero-order valence-electron chi connectivity index (χ0n) is 11.5. The highest BCUT2D eigenvalue weighted by atomic mass is 16.5. The minimum absolute atomic E-state index is 0.346. The van der Waals surface area contributed by atoms with E-state index in [1.165, 1.54) is 32.6 Å². The third-order valence-corrected chi connectivity index (χ3v) is 4.24. The van der Waals surface area contributed by atoms with Crippen molar-refractivity contribution in [1.82, 2.24) is 15.1 Å². The fourth-order valence-electron chi connectivity index (χ4n) is 3.19. The van der Waals surface area contributed by atoms with Crippen LogP contribution in [0.4, 0.5) is 0 Å². The number of likely N-dealkylation sites (N-methyl/N-ethyl adjacent to an activating group) is 1. The van der Waals surface area contributed by atoms with E-state index < -0.39 is 0 Å². The number of nitrogens with zero attached hydrogens (tertiary/aromatic N) is 2. The van der Waals surface area contributed by atoms with Gasteiger partial charge in [-0.1, -0.05) is 0 Å². The van der Waals surface area contributed by atoms with Gasteiger partial charge < -0.3 is 15.0 Å². The first-order valence-electron chi connectivity index (χ1n) is 6.80. The zero-order chi connectivity index (χ0) is 12.3. The second-order valence-electron chi connectivity index (χ2n) is 5.91. The first-order chi connectivity index (χ1) is 8.15. The quantitative estimate of drug-likeness (QED) is 0.763. The highest BCUT2D eigenvalue weighted by Gasteiger charge is 2.37. The van der Waals surface area contributed by atoms with E-state index in [1.54, 1.807) is 0 Å². The Morgan fingerprint density at radius 2 is 2.24 bits per heavy atom. The monoisotopic (exact) mass is 241 g/mol. The van der Waals surface area contributed by atoms with E-state index in [2.05, 4.69) is 29.1 Å². The topological polar surface area (TPSA) is 27.7 Å². The number of nitrogens with one attached hydrogen (secondary N) is 1. The number of hydrogen-bond donors (Lipinski definition) is 1. The largest absolute Gasteiger partial charge is 0.381 e. The summed E-state index contributed by atoms with van der Waals surface area (Å²) in [7, 11) is 4.27. The SMILES string of the molecule is CNCC1(CN2CCN(C)CC2C)CCOC1. The Labute approximate surface area is 105 Å². The number of hydrogen-bond acceptors (Lipinski definition) is 4. The fraction of sp³-hybridized carbons (Fsp3) is 1.00. The van der Waals surface area contributed by atoms with Crippen LogP contribution in [0.3, 0.4) is 0 Å². The van der Waals surface area contributed by atoms with Crippen molar-refractivity contribution in [3.8, 4) is 0 Å². The molecule has 0 aliphatic carbocycles. The average molecular weight is 241 g/mol. The smallest absolute Gasteiger partial charge is 0.0547 e. The minimum atomic E-state index is 0.346. The number of piperazine rings is 1. The first-order valence-corrected chi connectivity index (χ1v) is 6.80. The molecule has 0 radical (unpaired) electrons. The van der Waals surface area contributed by atoms with Gasteiger partial charge in [0, 0.05) is 50.8 Å². The number of ether oxygens (including phenoxy) is 1. The van der Waals surface area contributed by atoms with Crippen LogP contribution in [0.1, 0.15) is 13.3 Å². The lowest BCUT2D eigenvalue weighted by Crippen LogP contribution is -2.55. The Balaban J connectivity index is 1.93. The van der Waals surface area contributed by atoms with E-state index in [0.29, 0.717) is 11.5 Å². The zero-order valence-corrected chi connectivity index (χ0v) is 11.5. The summed E-state index contributed by atoms with van der Waals surface area (Å²) in [5.74, 6) is 0. The summed E-state index contributed by atoms with van der Waals surface area (Å²) in [4.78, 5) is 5.07. The van der Waals surface area contributed by atoms with E-state index in [-0.39, 0.29) is 0 Å². The van der Waals surface area contributed by atoms with Crippen LogP contribution in [0, 0.1) is 5.41 Å². The molecule has 2 unspecified atom stereocenters. The van der Waals surface area contributed by atoms with Gasteiger partial charge in [-0.25, -0.2) is 0 Å². The molecule has 2 aliphatic rings. The van der Waals surface area contributed by atoms with Gasteiger partial charge in [-0.15, -0.1) is 0 Å². The van der Waals surface area contributed by atoms with Crippen LogP contribution in [0.15, 0.2) is 0 Å². The van der Waals surface area contributed by atoms with Gasteiger partial charge in [0.25, 0.3) is 0 Å². The van der Waals surface area contributed by atoms with Gasteiger partial charge in [0.05, 0.1) is 6.61 Å². The molecular weight excluding hydrogens is 214 g/mol. The summed E-state index contributed by atoms with van der Waals surface area (Å²) in [5, 5.41) is 3.35. The molecule has 0 bridgehead atoms. The van der Waals surface area contributed by atoms with Crippen LogP contribution in [-0.2, 0) is 4.74 Å². The standard InChI is InChI=1S/C13H27N3O/c1-12-8-15(3)5-6-16(12)10-13(9-14-2)4-7-17-11-13/h12,14H,4-11H2,1-3H3. The molecule has 2 atom stereocenters. The molecular formula is C13H27N3O. The second kappa shape index (κ2) is 5.65. The number of rotatable bonds is 4. The van der Waals surface area contributed by atoms with Gasteiger partial charge in [0.1, 0.15) is 0 Å². The third-order valence-electron chi connectivity index (χ3n) is 4.24. The van der Waals surface area contributed by atoms with Crippen LogP contribution >= 0.6 is 0 Å². The molecule has 100 valence electrons. The highest BCUT2D eigenvalue weighted by molar-refractivity contribution is 4.91. The summed E-state index contributed by atoms with van der Waals surface area (Å²) in [5.41, 5.74) is 0.346. The Kier molecular flexibility index (Phi) is 4.42. The maximum atomic E-state index is 5.63. The van der Waals surface area contributed by atoms with Gasteiger partial charge in [-0.05, 0) is 27.4 Å². The van der Waals surface area contributed by atoms with Crippen molar-refractivity contribution < 1.29 is 4.74 Å². The maximum Gasteiger partial charge on any atom is 0.0547 e. The Morgan fingerprint density at radius 3 is 2.82 bits per heavy atom. The van der Waals surface area contributed by atoms with Crippen molar-refractivity contribution in [2.45, 2.75) is 19.4 Å². The van der Waals surface area contributed by atoms with Crippen molar-refractivity contribution in [1.29, 1.82) is 0 Å². The van der Waals surface area contributed by atoms with Crippen LogP contribution in [0.2, 0.25) is 0 Å². The molecule has 4 nitrogen and oxygen atoms in total. The lowest BCUT2D eigenvalue weighted by Gasteiger charge is -2.42. The van der Waals surface area contributed by atoms with E-state index in [1.807, 2.05) is 7.05 Å². The predicted octanol–water partition coefficient (Wildman–Crippen LogP) is 0.248. The van der Waals surface area contributed by atoms with Crippen LogP contribution in [0.5, 0.6) is 0 Å². The van der Waals surface area contributed by atoms with Crippen molar-refractivity contribution in [3.05, 3.63) is 0 Å². The average Bonchev–Trinajstić information content (AvgIpc) is 2.72. The molecule has 2 saturated heterocycles. The molecule has 0 spiro atoms. The highest BCUT2D eigenvalue weighted by Crippen LogP contribution is 2.30. The van der Waals surface area contributed by atoms with E-state index in [9.17, 15) is 0 Å². The van der Waals surface area contributed by atoms with Crippen molar-refractivity contribution in [2.24, 2.45) is 5.41 Å². The molecule has 2 heterocycles. The van der Waals surface area contributed by atoms with Gasteiger partial charge in [-0.2, -0.15) is 0 Å². The van der Waals surface area contributed by atoms with Crippen LogP contribution in [-0.4, -0.2) is 75.9 Å². The van der Waals surface area contributed by atoms with Gasteiger partial charge in [0.15, 0.2) is 0 Å². The predicted molar refractivity (Wildman–Crippen MR) is 70.3 cm³/mol. The molecule has 0 amide bonds. The maximum absolute atomic E-state index is 5.63. The molecule has 1 N–H and O–H groups in total. The molecule has 4 heteroatoms. The van der Waals surface area contributed by atoms with E-state index in [0.717, 1.165) is 19.8 Å². The lowest BCUT2D eigenvalue weighted by atomic mass is 9.86. The Hall–Kier alpha value is -0.160. The van der Waals surface area contributed by atoms with E-state index in [4.69, 9.17) is 4.74 Å². The summed E-state index contributed by atoms with van der Waals surface area (Å²) in [6.45, 7) is 10.0. The molecule has 0 saturated carbocycles. The molecule has 2 rings (SSSR count). The Bertz CT molecular complexity index is 241. The first kappa shape index (κ1) is 13.3. The lowest BCUT2D eigenvalue weighted by molar-refractivity contribution is 0.0468. The summed E-state index contributed by atoms with van der Waals surface area (Å²) >= 11 is 0. The van der Waals surface area contributed by atoms with Gasteiger partial charge in [-0.3, -0.25) is 4.90 Å². The van der Waals surface area contributed by atoms with Gasteiger partial charge >= 0.3 is 0 Å². The van der Waals surface area contributed by atoms with Gasteiger partial charge in [0.2, 0.25) is 0 Å². The normalized spacial score (nSPS) is 36.5. The molecule has 0 aromatic rings. The molecule has 2 aliphatic heterocycles. The molecule has 0 aromatic carbocycles. The molecule has 2 fully saturated rings. The van der Waals surface area contributed by atoms with E-state index >= 15 is 0 Å². The van der Waals surface area contributed by atoms with Crippen molar-refractivity contribution in [2.75, 3.05) is 60.0 Å². The van der Waals surface area contributed by atoms with Crippen LogP contribution < -0.4 is 5.32 Å². The summed E-state index contributed by atoms with van der Waals surface area (Å²) < 4.78 is 5.63. The van der Waals surface area contributed by atoms with Crippen molar-refractivity contribution in [3.63, 3.8) is 0 Å². The third kappa shape index (κ3) is 3.19. The molecule has 0 aromatic heterocycles. The fourth-order valence-corrected chi connectivity index (χ4v) is 3.19. The summed E-state index contributed by atoms with van der Waals surface area (Å²) in [6.07, 6.45) is 1.20. The van der Waals surface area contributed by atoms with Crippen LogP contribution in [0.25, 0.3) is 0 Å². The summed E-state index contributed by atoms with van der Waals surface area (Å²) in [6, 6.07) is 0.670. The van der Waals surface area contributed by atoms with Crippen molar-refractivity contribution >= 4 is 0 Å². The Morgan fingerprint density at radius 1 is 1.41 bits per heavy atom. The second-order valence-corrected chi connectivity index (χ2v) is 5.91. The molecule has 17 heavy (non-hydrogen) atoms.